The molecule has 0 atom stereocenters. The molecule has 0 unspecified atom stereocenters. The number of ether oxygens (including phenoxy) is 2. The van der Waals surface area contributed by atoms with E-state index in [4.69, 9.17) is 9.47 Å². The number of esters is 1. The summed E-state index contributed by atoms with van der Waals surface area (Å²) < 4.78 is 40.0. The highest BCUT2D eigenvalue weighted by molar-refractivity contribution is 7.23. The maximum Gasteiger partial charge on any atom is 0.319 e. The zero-order valence-electron chi connectivity index (χ0n) is 31.8. The first-order valence-corrected chi connectivity index (χ1v) is 21.2. The van der Waals surface area contributed by atoms with Crippen molar-refractivity contribution in [1.82, 2.24) is 0 Å². The van der Waals surface area contributed by atoms with Crippen LogP contribution < -0.4 is 9.47 Å². The van der Waals surface area contributed by atoms with E-state index in [0.717, 1.165) is 90.9 Å². The smallest absolute Gasteiger partial charge is 0.319 e. The average molecular weight is 835 g/mol. The Labute approximate surface area is 346 Å². The molecule has 1 radical (unpaired) electrons. The summed E-state index contributed by atoms with van der Waals surface area (Å²) in [6.07, 6.45) is 6.82. The van der Waals surface area contributed by atoms with Crippen LogP contribution in [0.15, 0.2) is 84.9 Å². The van der Waals surface area contributed by atoms with Crippen LogP contribution in [0.1, 0.15) is 72.1 Å². The summed E-state index contributed by atoms with van der Waals surface area (Å²) in [5.74, 6) is 0.366. The Morgan fingerprint density at radius 2 is 1.17 bits per heavy atom. The number of halogens is 2. The lowest BCUT2D eigenvalue weighted by Gasteiger charge is -2.12. The van der Waals surface area contributed by atoms with Crippen LogP contribution in [0.25, 0.3) is 41.1 Å². The highest BCUT2D eigenvalue weighted by Crippen LogP contribution is 2.49. The molecule has 0 bridgehead atoms. The number of carbonyl (C=O) groups is 3. The Morgan fingerprint density at radius 1 is 0.695 bits per heavy atom. The zero-order chi connectivity index (χ0) is 41.1. The summed E-state index contributed by atoms with van der Waals surface area (Å²) in [5.41, 5.74) is 2.14. The van der Waals surface area contributed by atoms with Crippen LogP contribution in [0, 0.1) is 51.3 Å². The van der Waals surface area contributed by atoms with Gasteiger partial charge in [-0.15, -0.1) is 32.8 Å². The fourth-order valence-corrected chi connectivity index (χ4v) is 9.50. The molecule has 4 aromatic carbocycles. The zero-order valence-corrected chi connectivity index (χ0v) is 33.4. The van der Waals surface area contributed by atoms with E-state index in [1.54, 1.807) is 53.8 Å². The highest BCUT2D eigenvalue weighted by atomic mass is 32.1. The SMILES string of the molecule is O=C(c1c(-c2ccc(F)cc2)sc2cc(OC(=O)C3(CO[N+](=O)[O-])CC3)ccc12)C1CC1.[CH2]C1(COc2ccc3c(C(=O)C4CC4)c(-c4ccc(F)cc4)sc3c2)CC1. The molecular formula is C46H38F2NO8S2. The van der Waals surface area contributed by atoms with E-state index in [-0.39, 0.29) is 47.1 Å². The fraction of sp³-hybridized carbons (Fsp3) is 0.304. The largest absolute Gasteiger partial charge is 0.493 e. The normalized spacial score (nSPS) is 17.1. The van der Waals surface area contributed by atoms with Gasteiger partial charge in [0.25, 0.3) is 5.09 Å². The maximum atomic E-state index is 13.4. The summed E-state index contributed by atoms with van der Waals surface area (Å²) in [4.78, 5) is 55.1. The van der Waals surface area contributed by atoms with Gasteiger partial charge in [0, 0.05) is 58.3 Å². The molecule has 0 spiro atoms. The average Bonchev–Trinajstić information content (AvgIpc) is 4.02. The lowest BCUT2D eigenvalue weighted by Crippen LogP contribution is -2.27. The van der Waals surface area contributed by atoms with Gasteiger partial charge in [0.15, 0.2) is 11.6 Å². The van der Waals surface area contributed by atoms with Crippen molar-refractivity contribution in [2.45, 2.75) is 51.4 Å². The minimum absolute atomic E-state index is 0.0147. The molecule has 0 amide bonds. The number of hydrogen-bond donors (Lipinski definition) is 0. The Hall–Kier alpha value is -5.53. The number of ketones is 2. The predicted octanol–water partition coefficient (Wildman–Crippen LogP) is 11.5. The van der Waals surface area contributed by atoms with Crippen LogP contribution in [0.2, 0.25) is 0 Å². The van der Waals surface area contributed by atoms with E-state index in [1.165, 1.54) is 35.6 Å². The molecule has 301 valence electrons. The minimum atomic E-state index is -0.982. The minimum Gasteiger partial charge on any atom is -0.493 e. The number of rotatable bonds is 14. The Balaban J connectivity index is 0.000000154. The maximum absolute atomic E-state index is 13.4. The first kappa shape index (κ1) is 39.0. The van der Waals surface area contributed by atoms with E-state index in [2.05, 4.69) is 11.8 Å². The van der Waals surface area contributed by atoms with Crippen LogP contribution in [-0.4, -0.2) is 35.8 Å². The van der Waals surface area contributed by atoms with Crippen molar-refractivity contribution in [3.05, 3.63) is 125 Å². The molecular weight excluding hydrogens is 797 g/mol. The molecule has 4 aliphatic carbocycles. The highest BCUT2D eigenvalue weighted by Gasteiger charge is 2.52. The standard InChI is InChI=1S/C23H18FNO6S.C23H20FO2S/c24-15-5-3-14(4-6-15)21-19(20(26)13-1-2-13)17-8-7-16(11-18(17)32-21)31-22(27)23(9-10-23)12-30-25(28)29;1-23(10-11-23)13-26-17-8-9-18-19(12-17)27-22(15-4-6-16(24)7-5-15)20(18)21(25)14-2-3-14/h3-8,11,13H,1-2,9-10,12H2;4-9,12,14H,1-3,10-11,13H2. The number of carbonyl (C=O) groups excluding carboxylic acids is 3. The number of thiophene rings is 2. The molecule has 4 saturated carbocycles. The van der Waals surface area contributed by atoms with Gasteiger partial charge >= 0.3 is 5.97 Å². The van der Waals surface area contributed by atoms with Crippen LogP contribution in [-0.2, 0) is 9.63 Å². The molecule has 59 heavy (non-hydrogen) atoms. The van der Waals surface area contributed by atoms with Gasteiger partial charge < -0.3 is 14.3 Å². The molecule has 10 rings (SSSR count). The molecule has 0 N–H and O–H groups in total. The van der Waals surface area contributed by atoms with Crippen molar-refractivity contribution in [3.63, 3.8) is 0 Å². The number of benzene rings is 4. The van der Waals surface area contributed by atoms with Crippen LogP contribution >= 0.6 is 22.7 Å². The lowest BCUT2D eigenvalue weighted by molar-refractivity contribution is -0.759. The first-order chi connectivity index (χ1) is 28.4. The van der Waals surface area contributed by atoms with E-state index < -0.39 is 16.5 Å². The van der Waals surface area contributed by atoms with E-state index >= 15 is 0 Å². The molecule has 0 aliphatic heterocycles. The van der Waals surface area contributed by atoms with Gasteiger partial charge in [-0.2, -0.15) is 0 Å². The third kappa shape index (κ3) is 8.36. The van der Waals surface area contributed by atoms with Crippen molar-refractivity contribution in [2.75, 3.05) is 13.2 Å². The van der Waals surface area contributed by atoms with E-state index in [0.29, 0.717) is 30.8 Å². The van der Waals surface area contributed by atoms with Gasteiger partial charge in [0.05, 0.1) is 12.0 Å². The molecule has 2 aromatic heterocycles. The van der Waals surface area contributed by atoms with Gasteiger partial charge in [-0.05, 0) is 130 Å². The van der Waals surface area contributed by atoms with Crippen LogP contribution in [0.3, 0.4) is 0 Å². The fourth-order valence-electron chi connectivity index (χ4n) is 7.01. The monoisotopic (exact) mass is 834 g/mol. The van der Waals surface area contributed by atoms with Crippen molar-refractivity contribution in [3.8, 4) is 32.4 Å². The molecule has 9 nitrogen and oxygen atoms in total. The van der Waals surface area contributed by atoms with Gasteiger partial charge in [-0.1, -0.05) is 24.3 Å². The number of nitrogens with zero attached hydrogens (tertiary/aromatic N) is 1. The van der Waals surface area contributed by atoms with Crippen molar-refractivity contribution in [2.24, 2.45) is 22.7 Å². The molecule has 0 saturated heterocycles. The second kappa shape index (κ2) is 15.3. The Kier molecular flexibility index (Phi) is 10.1. The topological polar surface area (TPSA) is 122 Å². The third-order valence-corrected chi connectivity index (χ3v) is 13.8. The molecule has 4 fully saturated rings. The Bertz CT molecular complexity index is 2640. The summed E-state index contributed by atoms with van der Waals surface area (Å²) in [5, 5.41) is 11.3. The van der Waals surface area contributed by atoms with Crippen molar-refractivity contribution in [1.29, 1.82) is 0 Å². The third-order valence-electron chi connectivity index (χ3n) is 11.4. The number of fused-ring (bicyclic) bond motifs is 2. The molecule has 2 heterocycles. The molecule has 4 aliphatic rings. The predicted molar refractivity (Wildman–Crippen MR) is 221 cm³/mol. The van der Waals surface area contributed by atoms with E-state index in [9.17, 15) is 33.3 Å². The summed E-state index contributed by atoms with van der Waals surface area (Å²) in [6.45, 7) is 4.48. The molecule has 13 heteroatoms. The number of hydrogen-bond acceptors (Lipinski definition) is 10. The van der Waals surface area contributed by atoms with Crippen molar-refractivity contribution < 1.29 is 42.6 Å². The number of Topliss-reactive ketones (excluding diaryl/α,β-unsaturated/α-hetero) is 2. The second-order valence-electron chi connectivity index (χ2n) is 16.2. The second-order valence-corrected chi connectivity index (χ2v) is 18.3. The summed E-state index contributed by atoms with van der Waals surface area (Å²) in [7, 11) is 0. The first-order valence-electron chi connectivity index (χ1n) is 19.6. The summed E-state index contributed by atoms with van der Waals surface area (Å²) in [6, 6.07) is 23.4. The Morgan fingerprint density at radius 3 is 1.61 bits per heavy atom. The summed E-state index contributed by atoms with van der Waals surface area (Å²) >= 11 is 2.97. The van der Waals surface area contributed by atoms with Crippen molar-refractivity contribution >= 4 is 60.4 Å². The lowest BCUT2D eigenvalue weighted by atomic mass is 9.99. The van der Waals surface area contributed by atoms with Gasteiger partial charge in [0.2, 0.25) is 0 Å². The quantitative estimate of drug-likeness (QED) is 0.0349. The van der Waals surface area contributed by atoms with Gasteiger partial charge in [0.1, 0.15) is 29.7 Å². The van der Waals surface area contributed by atoms with E-state index in [1.807, 2.05) is 18.2 Å². The van der Waals surface area contributed by atoms with Gasteiger partial charge in [-0.25, -0.2) is 8.78 Å². The van der Waals surface area contributed by atoms with Crippen LogP contribution in [0.4, 0.5) is 8.78 Å². The molecule has 6 aromatic rings. The van der Waals surface area contributed by atoms with Crippen LogP contribution in [0.5, 0.6) is 11.5 Å². The van der Waals surface area contributed by atoms with Gasteiger partial charge in [-0.3, -0.25) is 14.4 Å².